The summed E-state index contributed by atoms with van der Waals surface area (Å²) in [6.45, 7) is 5.45. The van der Waals surface area contributed by atoms with E-state index < -0.39 is 22.8 Å². The summed E-state index contributed by atoms with van der Waals surface area (Å²) >= 11 is 11.9. The maximum Gasteiger partial charge on any atom is 0.255 e. The molecule has 0 aliphatic carbocycles. The van der Waals surface area contributed by atoms with E-state index >= 15 is 0 Å². The van der Waals surface area contributed by atoms with Gasteiger partial charge in [-0.25, -0.2) is 0 Å². The highest BCUT2D eigenvalue weighted by Crippen LogP contribution is 2.40. The summed E-state index contributed by atoms with van der Waals surface area (Å²) in [6.07, 6.45) is -0.209. The third-order valence-corrected chi connectivity index (χ3v) is 4.97. The summed E-state index contributed by atoms with van der Waals surface area (Å²) in [5, 5.41) is 3.82. The van der Waals surface area contributed by atoms with Crippen molar-refractivity contribution in [1.29, 1.82) is 0 Å². The maximum atomic E-state index is 13.5. The van der Waals surface area contributed by atoms with Crippen molar-refractivity contribution >= 4 is 46.5 Å². The van der Waals surface area contributed by atoms with Gasteiger partial charge in [-0.15, -0.1) is 0 Å². The molecule has 2 amide bonds. The Morgan fingerprint density at radius 1 is 0.964 bits per heavy atom. The third-order valence-electron chi connectivity index (χ3n) is 4.47. The first-order chi connectivity index (χ1) is 13.0. The number of β-lactam (4-membered cyclic amide) rings is 1. The maximum absolute atomic E-state index is 13.5. The zero-order valence-electron chi connectivity index (χ0n) is 15.8. The average molecular weight is 419 g/mol. The van der Waals surface area contributed by atoms with Gasteiger partial charge in [-0.1, -0.05) is 23.2 Å². The largest absolute Gasteiger partial charge is 0.349 e. The molecule has 2 aromatic rings. The van der Waals surface area contributed by atoms with E-state index in [1.807, 2.05) is 20.8 Å². The van der Waals surface area contributed by atoms with E-state index in [4.69, 9.17) is 23.2 Å². The molecule has 1 aliphatic heterocycles. The number of ketones is 1. The Hall–Kier alpha value is -2.37. The number of nitrogens with one attached hydrogen (secondary N) is 1. The quantitative estimate of drug-likeness (QED) is 0.457. The highest BCUT2D eigenvalue weighted by atomic mass is 35.5. The molecule has 0 spiro atoms. The molecular weight excluding hydrogens is 399 g/mol. The predicted molar refractivity (Wildman–Crippen MR) is 110 cm³/mol. The standard InChI is InChI=1S/C21H20Cl2N2O3/c1-20(2,3)24-19(28)21(18(27)13-4-6-14(22)7-5-13)12-17(26)25(21)16-10-8-15(23)9-11-16/h4-11H,12H2,1-3H3,(H,24,28). The minimum atomic E-state index is -1.66. The molecule has 5 nitrogen and oxygen atoms in total. The number of carbonyl (C=O) groups excluding carboxylic acids is 3. The monoisotopic (exact) mass is 418 g/mol. The number of halogens is 2. The van der Waals surface area contributed by atoms with Crippen molar-refractivity contribution in [3.8, 4) is 0 Å². The van der Waals surface area contributed by atoms with Crippen molar-refractivity contribution < 1.29 is 14.4 Å². The molecular formula is C21H20Cl2N2O3. The smallest absolute Gasteiger partial charge is 0.255 e. The van der Waals surface area contributed by atoms with Gasteiger partial charge in [0.05, 0.1) is 6.42 Å². The van der Waals surface area contributed by atoms with Gasteiger partial charge in [0.25, 0.3) is 5.91 Å². The van der Waals surface area contributed by atoms with Gasteiger partial charge in [0, 0.05) is 26.8 Å². The van der Waals surface area contributed by atoms with Crippen molar-refractivity contribution in [1.82, 2.24) is 5.32 Å². The molecule has 1 aliphatic rings. The number of rotatable bonds is 4. The fraction of sp³-hybridized carbons (Fsp3) is 0.286. The number of carbonyl (C=O) groups is 3. The Morgan fingerprint density at radius 3 is 1.93 bits per heavy atom. The van der Waals surface area contributed by atoms with Crippen LogP contribution >= 0.6 is 23.2 Å². The Bertz CT molecular complexity index is 934. The molecule has 0 aromatic heterocycles. The molecule has 1 unspecified atom stereocenters. The van der Waals surface area contributed by atoms with Gasteiger partial charge in [-0.3, -0.25) is 19.3 Å². The van der Waals surface area contributed by atoms with Crippen LogP contribution in [0, 0.1) is 0 Å². The van der Waals surface area contributed by atoms with Gasteiger partial charge in [0.1, 0.15) is 0 Å². The Balaban J connectivity index is 2.10. The number of anilines is 1. The predicted octanol–water partition coefficient (Wildman–Crippen LogP) is 4.27. The Morgan fingerprint density at radius 2 is 1.46 bits per heavy atom. The SMILES string of the molecule is CC(C)(C)NC(=O)C1(C(=O)c2ccc(Cl)cc2)CC(=O)N1c1ccc(Cl)cc1. The normalized spacial score (nSPS) is 19.2. The number of nitrogens with zero attached hydrogens (tertiary/aromatic N) is 1. The molecule has 1 saturated heterocycles. The molecule has 7 heteroatoms. The van der Waals surface area contributed by atoms with E-state index in [1.54, 1.807) is 48.5 Å². The van der Waals surface area contributed by atoms with Gasteiger partial charge in [-0.05, 0) is 69.3 Å². The second-order valence-electron chi connectivity index (χ2n) is 7.78. The van der Waals surface area contributed by atoms with Crippen LogP contribution < -0.4 is 10.2 Å². The summed E-state index contributed by atoms with van der Waals surface area (Å²) in [4.78, 5) is 40.5. The summed E-state index contributed by atoms with van der Waals surface area (Å²) < 4.78 is 0. The van der Waals surface area contributed by atoms with E-state index in [9.17, 15) is 14.4 Å². The first-order valence-corrected chi connectivity index (χ1v) is 9.52. The summed E-state index contributed by atoms with van der Waals surface area (Å²) in [5.74, 6) is -1.29. The van der Waals surface area contributed by atoms with Crippen LogP contribution in [-0.4, -0.2) is 28.7 Å². The van der Waals surface area contributed by atoms with Crippen LogP contribution in [0.15, 0.2) is 48.5 Å². The first kappa shape index (κ1) is 20.4. The zero-order chi connectivity index (χ0) is 20.7. The number of Topliss-reactive ketones (excluding diaryl/α,β-unsaturated/α-hetero) is 1. The van der Waals surface area contributed by atoms with Crippen molar-refractivity contribution in [2.45, 2.75) is 38.3 Å². The van der Waals surface area contributed by atoms with E-state index in [0.717, 1.165) is 0 Å². The van der Waals surface area contributed by atoms with Crippen LogP contribution in [0.1, 0.15) is 37.6 Å². The second-order valence-corrected chi connectivity index (χ2v) is 8.66. The molecule has 3 rings (SSSR count). The second kappa shape index (κ2) is 7.22. The fourth-order valence-electron chi connectivity index (χ4n) is 3.20. The molecule has 1 fully saturated rings. The lowest BCUT2D eigenvalue weighted by molar-refractivity contribution is -0.138. The van der Waals surface area contributed by atoms with Crippen molar-refractivity contribution in [2.24, 2.45) is 0 Å². The molecule has 28 heavy (non-hydrogen) atoms. The van der Waals surface area contributed by atoms with Crippen LogP contribution in [-0.2, 0) is 9.59 Å². The summed E-state index contributed by atoms with van der Waals surface area (Å²) in [7, 11) is 0. The van der Waals surface area contributed by atoms with E-state index in [1.165, 1.54) is 4.90 Å². The zero-order valence-corrected chi connectivity index (χ0v) is 17.3. The molecule has 1 atom stereocenters. The number of hydrogen-bond acceptors (Lipinski definition) is 3. The van der Waals surface area contributed by atoms with Crippen LogP contribution in [0.2, 0.25) is 10.0 Å². The van der Waals surface area contributed by atoms with Crippen molar-refractivity contribution in [3.63, 3.8) is 0 Å². The van der Waals surface area contributed by atoms with Crippen LogP contribution in [0.3, 0.4) is 0 Å². The molecule has 1 heterocycles. The molecule has 2 aromatic carbocycles. The van der Waals surface area contributed by atoms with Gasteiger partial charge >= 0.3 is 0 Å². The highest BCUT2D eigenvalue weighted by molar-refractivity contribution is 6.33. The van der Waals surface area contributed by atoms with E-state index in [0.29, 0.717) is 21.3 Å². The Labute approximate surface area is 173 Å². The van der Waals surface area contributed by atoms with Crippen LogP contribution in [0.25, 0.3) is 0 Å². The topological polar surface area (TPSA) is 66.5 Å². The van der Waals surface area contributed by atoms with E-state index in [2.05, 4.69) is 5.32 Å². The first-order valence-electron chi connectivity index (χ1n) is 8.76. The van der Waals surface area contributed by atoms with Crippen molar-refractivity contribution in [2.75, 3.05) is 4.90 Å². The Kier molecular flexibility index (Phi) is 5.26. The average Bonchev–Trinajstić information content (AvgIpc) is 2.59. The molecule has 0 radical (unpaired) electrons. The fourth-order valence-corrected chi connectivity index (χ4v) is 3.46. The van der Waals surface area contributed by atoms with Crippen molar-refractivity contribution in [3.05, 3.63) is 64.1 Å². The number of hydrogen-bond donors (Lipinski definition) is 1. The van der Waals surface area contributed by atoms with Crippen LogP contribution in [0.5, 0.6) is 0 Å². The molecule has 1 N–H and O–H groups in total. The third kappa shape index (κ3) is 3.64. The van der Waals surface area contributed by atoms with Gasteiger partial charge < -0.3 is 5.32 Å². The molecule has 0 saturated carbocycles. The minimum Gasteiger partial charge on any atom is -0.349 e. The van der Waals surface area contributed by atoms with Gasteiger partial charge in [-0.2, -0.15) is 0 Å². The number of amides is 2. The molecule has 146 valence electrons. The van der Waals surface area contributed by atoms with Gasteiger partial charge in [0.2, 0.25) is 5.91 Å². The lowest BCUT2D eigenvalue weighted by Gasteiger charge is -2.49. The van der Waals surface area contributed by atoms with Crippen LogP contribution in [0.4, 0.5) is 5.69 Å². The summed E-state index contributed by atoms with van der Waals surface area (Å²) in [6, 6.07) is 12.7. The van der Waals surface area contributed by atoms with E-state index in [-0.39, 0.29) is 12.3 Å². The van der Waals surface area contributed by atoms with Gasteiger partial charge in [0.15, 0.2) is 11.3 Å². The highest BCUT2D eigenvalue weighted by Gasteiger charge is 2.62. The molecule has 0 bridgehead atoms. The number of benzene rings is 2. The lowest BCUT2D eigenvalue weighted by atomic mass is 9.75. The lowest BCUT2D eigenvalue weighted by Crippen LogP contribution is -2.75. The minimum absolute atomic E-state index is 0.209. The summed E-state index contributed by atoms with van der Waals surface area (Å²) in [5.41, 5.74) is -1.49.